The summed E-state index contributed by atoms with van der Waals surface area (Å²) in [5.74, 6) is 0.0103. The first-order valence-electron chi connectivity index (χ1n) is 12.6. The Kier molecular flexibility index (Phi) is 6.45. The average molecular weight is 544 g/mol. The van der Waals surface area contributed by atoms with Crippen molar-refractivity contribution in [3.05, 3.63) is 23.9 Å². The molecule has 5 aliphatic rings. The minimum Gasteiger partial charge on any atom is -0.370 e. The molecule has 1 aliphatic heterocycles. The van der Waals surface area contributed by atoms with Crippen LogP contribution < -0.4 is 15.4 Å². The van der Waals surface area contributed by atoms with Crippen molar-refractivity contribution >= 4 is 27.8 Å². The minimum atomic E-state index is -4.58. The van der Waals surface area contributed by atoms with Crippen LogP contribution in [0, 0.1) is 29.1 Å². The zero-order chi connectivity index (χ0) is 26.8. The van der Waals surface area contributed by atoms with Gasteiger partial charge in [0, 0.05) is 31.7 Å². The molecular weight excluding hydrogens is 511 g/mol. The number of hydrogen-bond acceptors (Lipinski definition) is 5. The monoisotopic (exact) mass is 543 g/mol. The van der Waals surface area contributed by atoms with Crippen LogP contribution in [0.25, 0.3) is 0 Å². The molecule has 4 aliphatic carbocycles. The summed E-state index contributed by atoms with van der Waals surface area (Å²) in [5, 5.41) is 3.09. The van der Waals surface area contributed by atoms with Gasteiger partial charge in [0.25, 0.3) is 0 Å². The van der Waals surface area contributed by atoms with E-state index in [2.05, 4.69) is 10.3 Å². The summed E-state index contributed by atoms with van der Waals surface area (Å²) < 4.78 is 67.4. The van der Waals surface area contributed by atoms with Crippen molar-refractivity contribution in [3.63, 3.8) is 0 Å². The van der Waals surface area contributed by atoms with Crippen LogP contribution >= 0.6 is 0 Å². The van der Waals surface area contributed by atoms with Gasteiger partial charge in [0.2, 0.25) is 11.8 Å². The quantitative estimate of drug-likeness (QED) is 0.570. The van der Waals surface area contributed by atoms with Crippen LogP contribution in [-0.4, -0.2) is 55.2 Å². The summed E-state index contributed by atoms with van der Waals surface area (Å²) in [6.07, 6.45) is 1.03. The lowest BCUT2D eigenvalue weighted by molar-refractivity contribution is -0.137. The fourth-order valence-electron chi connectivity index (χ4n) is 7.48. The van der Waals surface area contributed by atoms with E-state index in [1.54, 1.807) is 0 Å². The van der Waals surface area contributed by atoms with Crippen molar-refractivity contribution < 1.29 is 31.2 Å². The fourth-order valence-corrected chi connectivity index (χ4v) is 9.27. The summed E-state index contributed by atoms with van der Waals surface area (Å²) in [6, 6.07) is 1.77. The lowest BCUT2D eigenvalue weighted by atomic mass is 9.47. The summed E-state index contributed by atoms with van der Waals surface area (Å²) >= 11 is 0. The SMILES string of the molecule is CC1CN(CC(=O)NC2C3CC4CC2CC(CC(N)=O)(C4)C3)S(=O)(=O)N(c2ccc(C(F)(F)F)cn2)C1. The van der Waals surface area contributed by atoms with Crippen LogP contribution in [0.5, 0.6) is 0 Å². The molecular formula is C24H32F3N5O4S. The predicted molar refractivity (Wildman–Crippen MR) is 128 cm³/mol. The van der Waals surface area contributed by atoms with Gasteiger partial charge in [-0.2, -0.15) is 25.9 Å². The Balaban J connectivity index is 1.27. The molecule has 6 rings (SSSR count). The highest BCUT2D eigenvalue weighted by Gasteiger charge is 2.56. The summed E-state index contributed by atoms with van der Waals surface area (Å²) in [5.41, 5.74) is 4.47. The Bertz CT molecular complexity index is 1160. The number of aromatic nitrogens is 1. The van der Waals surface area contributed by atoms with Crippen LogP contribution in [0.15, 0.2) is 18.3 Å². The number of rotatable bonds is 6. The van der Waals surface area contributed by atoms with Gasteiger partial charge in [-0.1, -0.05) is 6.92 Å². The van der Waals surface area contributed by atoms with E-state index in [1.165, 1.54) is 0 Å². The number of nitrogens with two attached hydrogens (primary N) is 1. The molecule has 4 saturated carbocycles. The molecule has 2 heterocycles. The zero-order valence-corrected chi connectivity index (χ0v) is 21.4. The second kappa shape index (κ2) is 9.11. The Morgan fingerprint density at radius 1 is 1.16 bits per heavy atom. The van der Waals surface area contributed by atoms with Crippen molar-refractivity contribution in [2.24, 2.45) is 34.8 Å². The lowest BCUT2D eigenvalue weighted by Crippen LogP contribution is -2.61. The Morgan fingerprint density at radius 3 is 2.41 bits per heavy atom. The van der Waals surface area contributed by atoms with Crippen molar-refractivity contribution in [3.8, 4) is 0 Å². The smallest absolute Gasteiger partial charge is 0.370 e. The number of hydrogen-bond donors (Lipinski definition) is 2. The molecule has 0 radical (unpaired) electrons. The highest BCUT2D eigenvalue weighted by Crippen LogP contribution is 2.61. The molecule has 5 fully saturated rings. The molecule has 2 amide bonds. The Morgan fingerprint density at radius 2 is 1.84 bits per heavy atom. The van der Waals surface area contributed by atoms with Crippen molar-refractivity contribution in [1.82, 2.24) is 14.6 Å². The van der Waals surface area contributed by atoms with Gasteiger partial charge in [-0.15, -0.1) is 0 Å². The van der Waals surface area contributed by atoms with E-state index in [0.29, 0.717) is 18.5 Å². The van der Waals surface area contributed by atoms with Gasteiger partial charge in [0.05, 0.1) is 12.1 Å². The number of nitrogens with zero attached hydrogens (tertiary/aromatic N) is 3. The van der Waals surface area contributed by atoms with Gasteiger partial charge >= 0.3 is 16.4 Å². The predicted octanol–water partition coefficient (Wildman–Crippen LogP) is 2.29. The van der Waals surface area contributed by atoms with Crippen LogP contribution in [0.4, 0.5) is 19.0 Å². The van der Waals surface area contributed by atoms with Gasteiger partial charge in [-0.25, -0.2) is 9.29 Å². The first kappa shape index (κ1) is 26.2. The van der Waals surface area contributed by atoms with E-state index in [1.807, 2.05) is 6.92 Å². The topological polar surface area (TPSA) is 126 Å². The van der Waals surface area contributed by atoms with E-state index < -0.39 is 27.9 Å². The molecule has 0 spiro atoms. The molecule has 1 aromatic rings. The molecule has 1 saturated heterocycles. The Hall–Kier alpha value is -2.41. The zero-order valence-electron chi connectivity index (χ0n) is 20.6. The summed E-state index contributed by atoms with van der Waals surface area (Å²) in [7, 11) is -4.17. The van der Waals surface area contributed by atoms with Crippen LogP contribution in [0.3, 0.4) is 0 Å². The highest BCUT2D eigenvalue weighted by atomic mass is 32.2. The van der Waals surface area contributed by atoms with Gasteiger partial charge in [0.15, 0.2) is 0 Å². The molecule has 13 heteroatoms. The van der Waals surface area contributed by atoms with Crippen LogP contribution in [0.2, 0.25) is 0 Å². The number of nitrogens with one attached hydrogen (secondary N) is 1. The summed E-state index contributed by atoms with van der Waals surface area (Å²) in [6.45, 7) is 1.60. The number of halogens is 3. The van der Waals surface area contributed by atoms with Gasteiger partial charge in [-0.05, 0) is 73.3 Å². The first-order valence-corrected chi connectivity index (χ1v) is 14.0. The maximum Gasteiger partial charge on any atom is 0.417 e. The molecule has 4 bridgehead atoms. The van der Waals surface area contributed by atoms with E-state index in [0.717, 1.165) is 52.8 Å². The maximum atomic E-state index is 13.3. The molecule has 0 aromatic carbocycles. The molecule has 9 nitrogen and oxygen atoms in total. The average Bonchev–Trinajstić information content (AvgIpc) is 2.77. The standard InChI is InChI=1S/C24H32F3N5O4S/c1-14-11-31(37(35,36)32(12-14)20-3-2-18(10-29-20)24(25,26)27)13-21(34)30-22-16-4-15-5-17(22)8-23(6-15,7-16)9-19(28)33/h2-3,10,14-17,22H,4-9,11-13H2,1H3,(H2,28,33)(H,30,34). The third kappa shape index (κ3) is 5.04. The van der Waals surface area contributed by atoms with Crippen molar-refractivity contribution in [1.29, 1.82) is 0 Å². The van der Waals surface area contributed by atoms with Crippen LogP contribution in [-0.2, 0) is 26.0 Å². The van der Waals surface area contributed by atoms with Crippen molar-refractivity contribution in [2.45, 2.75) is 57.7 Å². The van der Waals surface area contributed by atoms with E-state index in [-0.39, 0.29) is 60.6 Å². The molecule has 204 valence electrons. The summed E-state index contributed by atoms with van der Waals surface area (Å²) in [4.78, 5) is 28.5. The van der Waals surface area contributed by atoms with Gasteiger partial charge in [0.1, 0.15) is 5.82 Å². The number of primary amides is 1. The Labute approximate surface area is 214 Å². The number of carbonyl (C=O) groups excluding carboxylic acids is 2. The van der Waals surface area contributed by atoms with E-state index in [4.69, 9.17) is 5.73 Å². The van der Waals surface area contributed by atoms with Crippen molar-refractivity contribution in [2.75, 3.05) is 23.9 Å². The fraction of sp³-hybridized carbons (Fsp3) is 0.708. The number of carbonyl (C=O) groups is 2. The molecule has 3 N–H and O–H groups in total. The van der Waals surface area contributed by atoms with Crippen LogP contribution in [0.1, 0.15) is 51.0 Å². The molecule has 3 atom stereocenters. The number of pyridine rings is 1. The minimum absolute atomic E-state index is 0.0505. The van der Waals surface area contributed by atoms with Gasteiger partial charge < -0.3 is 11.1 Å². The normalized spacial score (nSPS) is 34.9. The lowest BCUT2D eigenvalue weighted by Gasteiger charge is -2.60. The third-order valence-electron chi connectivity index (χ3n) is 8.53. The number of anilines is 1. The third-order valence-corrected chi connectivity index (χ3v) is 10.3. The largest absolute Gasteiger partial charge is 0.417 e. The highest BCUT2D eigenvalue weighted by molar-refractivity contribution is 7.90. The van der Waals surface area contributed by atoms with Gasteiger partial charge in [-0.3, -0.25) is 9.59 Å². The van der Waals surface area contributed by atoms with E-state index in [9.17, 15) is 31.2 Å². The second-order valence-corrected chi connectivity index (χ2v) is 13.4. The van der Waals surface area contributed by atoms with E-state index >= 15 is 0 Å². The first-order chi connectivity index (χ1) is 17.3. The maximum absolute atomic E-state index is 13.3. The molecule has 1 aromatic heterocycles. The number of amides is 2. The molecule has 3 unspecified atom stereocenters. The molecule has 37 heavy (non-hydrogen) atoms. The number of alkyl halides is 3. The second-order valence-electron chi connectivity index (χ2n) is 11.5.